The molecule has 3 aliphatic heterocycles. The molecule has 6 heteroatoms. The Morgan fingerprint density at radius 1 is 1.15 bits per heavy atom. The lowest BCUT2D eigenvalue weighted by Gasteiger charge is -2.14. The number of amides is 1. The van der Waals surface area contributed by atoms with Crippen LogP contribution in [-0.4, -0.2) is 29.9 Å². The summed E-state index contributed by atoms with van der Waals surface area (Å²) >= 11 is 0. The fourth-order valence-electron chi connectivity index (χ4n) is 4.49. The van der Waals surface area contributed by atoms with Crippen molar-refractivity contribution >= 4 is 41.5 Å². The fraction of sp³-hybridized carbons (Fsp3) is 0.143. The second-order valence-electron chi connectivity index (χ2n) is 7.15. The van der Waals surface area contributed by atoms with Crippen LogP contribution in [0.5, 0.6) is 0 Å². The molecule has 6 rings (SSSR count). The number of aliphatic imine (C=N–C) groups is 1. The molecule has 0 bridgehead atoms. The Morgan fingerprint density at radius 3 is 2.85 bits per heavy atom. The van der Waals surface area contributed by atoms with Crippen molar-refractivity contribution in [2.24, 2.45) is 9.98 Å². The van der Waals surface area contributed by atoms with Crippen LogP contribution in [0.1, 0.15) is 28.8 Å². The predicted octanol–water partition coefficient (Wildman–Crippen LogP) is -0.0161. The van der Waals surface area contributed by atoms with Gasteiger partial charge in [-0.15, -0.1) is 0 Å². The van der Waals surface area contributed by atoms with Gasteiger partial charge in [-0.05, 0) is 23.6 Å². The third kappa shape index (κ3) is 1.68. The van der Waals surface area contributed by atoms with Crippen molar-refractivity contribution in [2.75, 3.05) is 7.05 Å². The lowest BCUT2D eigenvalue weighted by Crippen LogP contribution is -2.53. The van der Waals surface area contributed by atoms with E-state index in [1.807, 2.05) is 6.08 Å². The normalized spacial score (nSPS) is 21.0. The number of carbonyl (C=O) groups is 2. The average Bonchev–Trinajstić information content (AvgIpc) is 3.31. The largest absolute Gasteiger partial charge is 0.317 e. The van der Waals surface area contributed by atoms with Gasteiger partial charge in [0, 0.05) is 53.2 Å². The maximum Gasteiger partial charge on any atom is 0.258 e. The number of halogens is 1. The van der Waals surface area contributed by atoms with Gasteiger partial charge < -0.3 is 4.90 Å². The lowest BCUT2D eigenvalue weighted by molar-refractivity contribution is -0.113. The molecule has 0 radical (unpaired) electrons. The molecule has 0 unspecified atom stereocenters. The molecule has 0 fully saturated rings. The molecule has 5 nitrogen and oxygen atoms in total. The number of carbonyl (C=O) groups excluding carboxylic acids is 2. The fourth-order valence-corrected chi connectivity index (χ4v) is 4.49. The van der Waals surface area contributed by atoms with E-state index in [1.165, 1.54) is 4.90 Å². The topological polar surface area (TPSA) is 62.1 Å². The smallest absolute Gasteiger partial charge is 0.258 e. The predicted molar refractivity (Wildman–Crippen MR) is 97.8 cm³/mol. The van der Waals surface area contributed by atoms with Gasteiger partial charge in [0.05, 0.1) is 16.6 Å². The molecule has 1 aromatic rings. The SMILES string of the molecule is CN1C=c2c(c3c(c4c2=C2N=CC=C2CC=4)=NC2=C3CC(=O)C=C2F)C1=O. The molecule has 27 heavy (non-hydrogen) atoms. The zero-order valence-electron chi connectivity index (χ0n) is 14.3. The van der Waals surface area contributed by atoms with Crippen LogP contribution in [0.4, 0.5) is 4.39 Å². The van der Waals surface area contributed by atoms with E-state index >= 15 is 0 Å². The maximum atomic E-state index is 14.5. The first-order valence-electron chi connectivity index (χ1n) is 8.70. The number of nitrogens with zero attached hydrogens (tertiary/aromatic N) is 3. The van der Waals surface area contributed by atoms with E-state index in [9.17, 15) is 14.0 Å². The quantitative estimate of drug-likeness (QED) is 0.655. The minimum absolute atomic E-state index is 0.0569. The highest BCUT2D eigenvalue weighted by atomic mass is 19.1. The van der Waals surface area contributed by atoms with Crippen LogP contribution in [0.25, 0.3) is 23.5 Å². The van der Waals surface area contributed by atoms with Crippen LogP contribution in [0.3, 0.4) is 0 Å². The highest BCUT2D eigenvalue weighted by molar-refractivity contribution is 6.09. The molecule has 1 amide bonds. The van der Waals surface area contributed by atoms with E-state index < -0.39 is 5.83 Å². The van der Waals surface area contributed by atoms with Crippen LogP contribution < -0.4 is 21.0 Å². The van der Waals surface area contributed by atoms with E-state index in [0.717, 1.165) is 33.0 Å². The molecule has 2 aliphatic carbocycles. The van der Waals surface area contributed by atoms with Crippen LogP contribution in [-0.2, 0) is 4.79 Å². The summed E-state index contributed by atoms with van der Waals surface area (Å²) < 4.78 is 14.5. The number of benzene rings is 1. The van der Waals surface area contributed by atoms with Crippen LogP contribution in [0, 0.1) is 0 Å². The number of ketones is 1. The van der Waals surface area contributed by atoms with Crippen molar-refractivity contribution in [3.8, 4) is 0 Å². The van der Waals surface area contributed by atoms with Crippen molar-refractivity contribution in [1.29, 1.82) is 0 Å². The minimum Gasteiger partial charge on any atom is -0.317 e. The van der Waals surface area contributed by atoms with Gasteiger partial charge in [-0.1, -0.05) is 6.08 Å². The molecule has 0 N–H and O–H groups in total. The third-order valence-corrected chi connectivity index (χ3v) is 5.63. The summed E-state index contributed by atoms with van der Waals surface area (Å²) in [5, 5.41) is 3.09. The Balaban J connectivity index is 1.87. The zero-order chi connectivity index (χ0) is 18.4. The molecule has 0 atom stereocenters. The number of rotatable bonds is 0. The zero-order valence-corrected chi connectivity index (χ0v) is 14.3. The Bertz CT molecular complexity index is 1420. The van der Waals surface area contributed by atoms with Crippen LogP contribution >= 0.6 is 0 Å². The number of hydrogen-bond acceptors (Lipinski definition) is 4. The van der Waals surface area contributed by atoms with Crippen molar-refractivity contribution in [1.82, 2.24) is 4.90 Å². The number of allylic oxidation sites excluding steroid dienone is 4. The summed E-state index contributed by atoms with van der Waals surface area (Å²) in [7, 11) is 1.70. The Morgan fingerprint density at radius 2 is 2.00 bits per heavy atom. The number of fused-ring (bicyclic) bond motifs is 8. The molecule has 130 valence electrons. The van der Waals surface area contributed by atoms with E-state index in [2.05, 4.69) is 16.1 Å². The Kier molecular flexibility index (Phi) is 2.54. The van der Waals surface area contributed by atoms with Gasteiger partial charge in [0.2, 0.25) is 0 Å². The molecular weight excluding hydrogens is 345 g/mol. The van der Waals surface area contributed by atoms with Gasteiger partial charge in [0.1, 0.15) is 5.70 Å². The lowest BCUT2D eigenvalue weighted by atomic mass is 9.88. The first-order chi connectivity index (χ1) is 13.0. The second kappa shape index (κ2) is 4.65. The van der Waals surface area contributed by atoms with Gasteiger partial charge in [-0.25, -0.2) is 9.38 Å². The molecule has 0 saturated carbocycles. The van der Waals surface area contributed by atoms with Gasteiger partial charge in [0.15, 0.2) is 11.6 Å². The van der Waals surface area contributed by atoms with E-state index in [4.69, 9.17) is 0 Å². The molecular formula is C21H12FN3O2. The standard InChI is InChI=1S/C21H12FN3O2/c1-25-8-13-15-11(3-2-9-4-5-23-18(9)15)20-16(17(13)21(25)27)12-6-10(26)7-14(22)19(12)24-20/h3-5,7-8H,2,6H2,1H3. The first kappa shape index (κ1) is 14.7. The summed E-state index contributed by atoms with van der Waals surface area (Å²) in [4.78, 5) is 35.5. The van der Waals surface area contributed by atoms with Crippen molar-refractivity contribution < 1.29 is 14.0 Å². The molecule has 0 spiro atoms. The average molecular weight is 357 g/mol. The van der Waals surface area contributed by atoms with Gasteiger partial charge >= 0.3 is 0 Å². The van der Waals surface area contributed by atoms with Crippen molar-refractivity contribution in [3.05, 3.63) is 61.4 Å². The minimum atomic E-state index is -0.634. The van der Waals surface area contributed by atoms with Crippen molar-refractivity contribution in [3.63, 3.8) is 0 Å². The molecule has 0 aromatic heterocycles. The highest BCUT2D eigenvalue weighted by Crippen LogP contribution is 2.35. The van der Waals surface area contributed by atoms with Crippen LogP contribution in [0.2, 0.25) is 0 Å². The monoisotopic (exact) mass is 357 g/mol. The summed E-state index contributed by atoms with van der Waals surface area (Å²) in [5.74, 6) is -1.12. The van der Waals surface area contributed by atoms with Gasteiger partial charge in [-0.3, -0.25) is 14.6 Å². The summed E-state index contributed by atoms with van der Waals surface area (Å²) in [6, 6.07) is 0. The van der Waals surface area contributed by atoms with E-state index in [1.54, 1.807) is 19.5 Å². The summed E-state index contributed by atoms with van der Waals surface area (Å²) in [5.41, 5.74) is 3.73. The summed E-state index contributed by atoms with van der Waals surface area (Å²) in [6.45, 7) is 0. The first-order valence-corrected chi connectivity index (χ1v) is 8.70. The summed E-state index contributed by atoms with van der Waals surface area (Å²) in [6.07, 6.45) is 9.33. The molecule has 3 heterocycles. The van der Waals surface area contributed by atoms with Crippen molar-refractivity contribution in [2.45, 2.75) is 12.8 Å². The molecule has 0 saturated heterocycles. The third-order valence-electron chi connectivity index (χ3n) is 5.63. The maximum absolute atomic E-state index is 14.5. The van der Waals surface area contributed by atoms with Gasteiger partial charge in [0.25, 0.3) is 5.91 Å². The Hall–Kier alpha value is -3.41. The Labute approximate surface area is 152 Å². The second-order valence-corrected chi connectivity index (χ2v) is 7.15. The van der Waals surface area contributed by atoms with Gasteiger partial charge in [-0.2, -0.15) is 0 Å². The van der Waals surface area contributed by atoms with E-state index in [0.29, 0.717) is 28.5 Å². The number of hydrogen-bond donors (Lipinski definition) is 0. The van der Waals surface area contributed by atoms with E-state index in [-0.39, 0.29) is 23.8 Å². The molecule has 5 aliphatic rings. The highest BCUT2D eigenvalue weighted by Gasteiger charge is 2.35. The van der Waals surface area contributed by atoms with Crippen LogP contribution in [0.15, 0.2) is 39.2 Å². The molecule has 1 aromatic carbocycles.